The van der Waals surface area contributed by atoms with Gasteiger partial charge in [0.15, 0.2) is 5.65 Å². The Morgan fingerprint density at radius 3 is 2.71 bits per heavy atom. The van der Waals surface area contributed by atoms with Crippen LogP contribution >= 0.6 is 0 Å². The molecular weight excluding hydrogens is 264 g/mol. The van der Waals surface area contributed by atoms with Crippen LogP contribution in [0, 0.1) is 6.92 Å². The molecular formula is C16H20N4O. The molecule has 3 rings (SSSR count). The summed E-state index contributed by atoms with van der Waals surface area (Å²) in [4.78, 5) is 4.66. The first-order valence-corrected chi connectivity index (χ1v) is 7.10. The molecule has 0 radical (unpaired) electrons. The van der Waals surface area contributed by atoms with Gasteiger partial charge in [0.05, 0.1) is 22.9 Å². The van der Waals surface area contributed by atoms with Crippen molar-refractivity contribution in [3.63, 3.8) is 0 Å². The number of hydrogen-bond donors (Lipinski definition) is 2. The van der Waals surface area contributed by atoms with Crippen LogP contribution in [0.4, 0.5) is 5.82 Å². The lowest BCUT2D eigenvalue weighted by Crippen LogP contribution is -2.39. The largest absolute Gasteiger partial charge is 0.388 e. The van der Waals surface area contributed by atoms with Crippen molar-refractivity contribution in [3.05, 3.63) is 36.0 Å². The second kappa shape index (κ2) is 4.70. The van der Waals surface area contributed by atoms with Crippen LogP contribution in [-0.2, 0) is 0 Å². The van der Waals surface area contributed by atoms with Crippen molar-refractivity contribution >= 4 is 22.4 Å². The van der Waals surface area contributed by atoms with Crippen LogP contribution in [0.2, 0.25) is 0 Å². The lowest BCUT2D eigenvalue weighted by molar-refractivity contribution is 0.0648. The van der Waals surface area contributed by atoms with Gasteiger partial charge in [-0.3, -0.25) is 0 Å². The molecule has 0 aliphatic heterocycles. The zero-order chi connectivity index (χ0) is 15.2. The fraction of sp³-hybridized carbons (Fsp3) is 0.375. The number of benzene rings is 1. The molecule has 21 heavy (non-hydrogen) atoms. The molecule has 0 bridgehead atoms. The first-order chi connectivity index (χ1) is 9.86. The molecule has 0 saturated carbocycles. The van der Waals surface area contributed by atoms with E-state index in [1.807, 2.05) is 48.7 Å². The van der Waals surface area contributed by atoms with Crippen molar-refractivity contribution in [2.75, 3.05) is 5.32 Å². The highest BCUT2D eigenvalue weighted by Gasteiger charge is 2.23. The zero-order valence-corrected chi connectivity index (χ0v) is 12.8. The van der Waals surface area contributed by atoms with Crippen LogP contribution in [0.5, 0.6) is 0 Å². The molecule has 0 amide bonds. The SMILES string of the molecule is Cc1cc2nc(NC(C)C(C)(C)O)c3ccccc3n2n1. The summed E-state index contributed by atoms with van der Waals surface area (Å²) in [5.41, 5.74) is 1.91. The molecule has 2 N–H and O–H groups in total. The smallest absolute Gasteiger partial charge is 0.158 e. The van der Waals surface area contributed by atoms with Gasteiger partial charge < -0.3 is 10.4 Å². The van der Waals surface area contributed by atoms with E-state index >= 15 is 0 Å². The van der Waals surface area contributed by atoms with E-state index in [0.717, 1.165) is 28.1 Å². The predicted octanol–water partition coefficient (Wildman–Crippen LogP) is 2.76. The molecule has 2 heterocycles. The van der Waals surface area contributed by atoms with Gasteiger partial charge in [-0.15, -0.1) is 0 Å². The Labute approximate surface area is 123 Å². The first kappa shape index (κ1) is 13.8. The van der Waals surface area contributed by atoms with Gasteiger partial charge in [0, 0.05) is 11.5 Å². The Balaban J connectivity index is 2.20. The molecule has 0 aliphatic rings. The van der Waals surface area contributed by atoms with Crippen molar-refractivity contribution in [2.45, 2.75) is 39.3 Å². The Kier molecular flexibility index (Phi) is 3.10. The number of fused-ring (bicyclic) bond motifs is 3. The van der Waals surface area contributed by atoms with E-state index in [1.54, 1.807) is 13.8 Å². The molecule has 0 fully saturated rings. The zero-order valence-electron chi connectivity index (χ0n) is 12.8. The van der Waals surface area contributed by atoms with E-state index in [4.69, 9.17) is 0 Å². The van der Waals surface area contributed by atoms with Crippen LogP contribution in [-0.4, -0.2) is 31.3 Å². The average molecular weight is 284 g/mol. The highest BCUT2D eigenvalue weighted by molar-refractivity contribution is 5.91. The van der Waals surface area contributed by atoms with Crippen LogP contribution in [0.15, 0.2) is 30.3 Å². The van der Waals surface area contributed by atoms with Crippen LogP contribution in [0.3, 0.4) is 0 Å². The highest BCUT2D eigenvalue weighted by Crippen LogP contribution is 2.25. The molecule has 2 aromatic heterocycles. The summed E-state index contributed by atoms with van der Waals surface area (Å²) in [6.07, 6.45) is 0. The second-order valence-corrected chi connectivity index (χ2v) is 6.05. The lowest BCUT2D eigenvalue weighted by atomic mass is 10.0. The van der Waals surface area contributed by atoms with Gasteiger partial charge in [-0.05, 0) is 39.8 Å². The third kappa shape index (κ3) is 2.45. The third-order valence-electron chi connectivity index (χ3n) is 3.84. The van der Waals surface area contributed by atoms with E-state index < -0.39 is 5.60 Å². The third-order valence-corrected chi connectivity index (χ3v) is 3.84. The molecule has 110 valence electrons. The van der Waals surface area contributed by atoms with Crippen molar-refractivity contribution in [1.82, 2.24) is 14.6 Å². The van der Waals surface area contributed by atoms with Crippen molar-refractivity contribution in [2.24, 2.45) is 0 Å². The maximum absolute atomic E-state index is 10.1. The number of para-hydroxylation sites is 1. The van der Waals surface area contributed by atoms with Gasteiger partial charge in [-0.2, -0.15) is 5.10 Å². The Morgan fingerprint density at radius 1 is 1.29 bits per heavy atom. The van der Waals surface area contributed by atoms with E-state index in [9.17, 15) is 5.11 Å². The fourth-order valence-electron chi connectivity index (χ4n) is 2.27. The second-order valence-electron chi connectivity index (χ2n) is 6.05. The maximum Gasteiger partial charge on any atom is 0.158 e. The summed E-state index contributed by atoms with van der Waals surface area (Å²) >= 11 is 0. The minimum absolute atomic E-state index is 0.125. The summed E-state index contributed by atoms with van der Waals surface area (Å²) < 4.78 is 1.85. The molecule has 0 spiro atoms. The number of rotatable bonds is 3. The number of aliphatic hydroxyl groups is 1. The molecule has 0 saturated heterocycles. The number of hydrogen-bond acceptors (Lipinski definition) is 4. The summed E-state index contributed by atoms with van der Waals surface area (Å²) in [6, 6.07) is 9.83. The maximum atomic E-state index is 10.1. The monoisotopic (exact) mass is 284 g/mol. The summed E-state index contributed by atoms with van der Waals surface area (Å²) in [7, 11) is 0. The molecule has 5 nitrogen and oxygen atoms in total. The first-order valence-electron chi connectivity index (χ1n) is 7.10. The van der Waals surface area contributed by atoms with E-state index in [2.05, 4.69) is 15.4 Å². The summed E-state index contributed by atoms with van der Waals surface area (Å²) in [5.74, 6) is 0.771. The Bertz CT molecular complexity index is 801. The molecule has 1 atom stereocenters. The van der Waals surface area contributed by atoms with Gasteiger partial charge in [0.2, 0.25) is 0 Å². The fourth-order valence-corrected chi connectivity index (χ4v) is 2.27. The normalized spacial score (nSPS) is 13.8. The highest BCUT2D eigenvalue weighted by atomic mass is 16.3. The standard InChI is InChI=1S/C16H20N4O/c1-10-9-14-18-15(17-11(2)16(3,4)21)12-7-5-6-8-13(12)20(14)19-10/h5-9,11,21H,1-4H3,(H,17,18). The number of nitrogens with one attached hydrogen (secondary N) is 1. The molecule has 1 aromatic carbocycles. The minimum Gasteiger partial charge on any atom is -0.388 e. The van der Waals surface area contributed by atoms with Crippen molar-refractivity contribution in [3.8, 4) is 0 Å². The van der Waals surface area contributed by atoms with Gasteiger partial charge in [0.1, 0.15) is 5.82 Å². The van der Waals surface area contributed by atoms with Crippen molar-refractivity contribution < 1.29 is 5.11 Å². The summed E-state index contributed by atoms with van der Waals surface area (Å²) in [5, 5.41) is 18.9. The predicted molar refractivity (Wildman–Crippen MR) is 84.6 cm³/mol. The van der Waals surface area contributed by atoms with E-state index in [1.165, 1.54) is 0 Å². The minimum atomic E-state index is -0.828. The average Bonchev–Trinajstić information content (AvgIpc) is 2.78. The topological polar surface area (TPSA) is 62.5 Å². The molecule has 0 aliphatic carbocycles. The Hall–Kier alpha value is -2.14. The number of aromatic nitrogens is 3. The lowest BCUT2D eigenvalue weighted by Gasteiger charge is -2.27. The number of aryl methyl sites for hydroxylation is 1. The summed E-state index contributed by atoms with van der Waals surface area (Å²) in [6.45, 7) is 7.47. The number of anilines is 1. The van der Waals surface area contributed by atoms with Gasteiger partial charge in [-0.25, -0.2) is 9.50 Å². The van der Waals surface area contributed by atoms with Crippen LogP contribution in [0.1, 0.15) is 26.5 Å². The van der Waals surface area contributed by atoms with E-state index in [-0.39, 0.29) is 6.04 Å². The van der Waals surface area contributed by atoms with Crippen LogP contribution < -0.4 is 5.32 Å². The molecule has 3 aromatic rings. The molecule has 5 heteroatoms. The van der Waals surface area contributed by atoms with Gasteiger partial charge in [0.25, 0.3) is 0 Å². The van der Waals surface area contributed by atoms with Crippen LogP contribution in [0.25, 0.3) is 16.6 Å². The van der Waals surface area contributed by atoms with Crippen molar-refractivity contribution in [1.29, 1.82) is 0 Å². The molecule has 1 unspecified atom stereocenters. The van der Waals surface area contributed by atoms with Gasteiger partial charge in [-0.1, -0.05) is 12.1 Å². The van der Waals surface area contributed by atoms with E-state index in [0.29, 0.717) is 0 Å². The Morgan fingerprint density at radius 2 is 2.00 bits per heavy atom. The number of nitrogens with zero attached hydrogens (tertiary/aromatic N) is 3. The quantitative estimate of drug-likeness (QED) is 0.776. The van der Waals surface area contributed by atoms with Gasteiger partial charge >= 0.3 is 0 Å².